The zero-order valence-electron chi connectivity index (χ0n) is 14.9. The maximum absolute atomic E-state index is 8.69. The molecular formula is C18H40NO2P. The molecule has 0 heterocycles. The van der Waals surface area contributed by atoms with Crippen LogP contribution in [0.25, 0.3) is 0 Å². The first kappa shape index (κ1) is 22.3. The summed E-state index contributed by atoms with van der Waals surface area (Å²) in [6.45, 7) is 3.01. The van der Waals surface area contributed by atoms with Crippen molar-refractivity contribution < 1.29 is 9.79 Å². The lowest BCUT2D eigenvalue weighted by atomic mass is 10.0. The molecule has 0 unspecified atom stereocenters. The third-order valence-corrected chi connectivity index (χ3v) is 4.79. The fraction of sp³-hybridized carbons (Fsp3) is 1.00. The predicted octanol–water partition coefficient (Wildman–Crippen LogP) is 6.05. The third kappa shape index (κ3) is 20.3. The Morgan fingerprint density at radius 1 is 0.545 bits per heavy atom. The van der Waals surface area contributed by atoms with E-state index >= 15 is 0 Å². The van der Waals surface area contributed by atoms with E-state index < -0.39 is 8.53 Å². The van der Waals surface area contributed by atoms with Gasteiger partial charge in [-0.15, -0.1) is 0 Å². The molecule has 0 rings (SSSR count). The molecule has 0 aromatic rings. The van der Waals surface area contributed by atoms with Crippen molar-refractivity contribution >= 4 is 8.53 Å². The van der Waals surface area contributed by atoms with Gasteiger partial charge < -0.3 is 9.79 Å². The van der Waals surface area contributed by atoms with E-state index in [0.717, 1.165) is 13.0 Å². The molecule has 0 aliphatic heterocycles. The van der Waals surface area contributed by atoms with Crippen LogP contribution in [0.2, 0.25) is 0 Å². The van der Waals surface area contributed by atoms with Crippen molar-refractivity contribution in [3.05, 3.63) is 0 Å². The van der Waals surface area contributed by atoms with Gasteiger partial charge in [0.1, 0.15) is 0 Å². The second kappa shape index (κ2) is 19.4. The van der Waals surface area contributed by atoms with Crippen LogP contribution in [0.1, 0.15) is 110 Å². The van der Waals surface area contributed by atoms with E-state index in [2.05, 4.69) is 12.0 Å². The minimum absolute atomic E-state index is 0.733. The zero-order valence-corrected chi connectivity index (χ0v) is 15.8. The quantitative estimate of drug-likeness (QED) is 0.211. The highest BCUT2D eigenvalue weighted by atomic mass is 31.2. The SMILES string of the molecule is CCCCCCCCCCCCCCCCCCNP(O)O. The molecule has 134 valence electrons. The summed E-state index contributed by atoms with van der Waals surface area (Å²) in [5, 5.41) is 2.67. The summed E-state index contributed by atoms with van der Waals surface area (Å²) in [7, 11) is -1.89. The van der Waals surface area contributed by atoms with Gasteiger partial charge in [-0.1, -0.05) is 103 Å². The van der Waals surface area contributed by atoms with Gasteiger partial charge in [0, 0.05) is 6.54 Å². The van der Waals surface area contributed by atoms with Crippen LogP contribution in [0, 0.1) is 0 Å². The van der Waals surface area contributed by atoms with Gasteiger partial charge in [0.2, 0.25) is 8.53 Å². The summed E-state index contributed by atoms with van der Waals surface area (Å²) in [5.74, 6) is 0. The Hall–Kier alpha value is 0.310. The van der Waals surface area contributed by atoms with Crippen molar-refractivity contribution in [2.45, 2.75) is 110 Å². The number of hydrogen-bond acceptors (Lipinski definition) is 3. The Morgan fingerprint density at radius 3 is 1.18 bits per heavy atom. The molecule has 0 radical (unpaired) electrons. The lowest BCUT2D eigenvalue weighted by Gasteiger charge is -2.05. The molecule has 4 heteroatoms. The van der Waals surface area contributed by atoms with Crippen LogP contribution in [0.15, 0.2) is 0 Å². The first-order valence-electron chi connectivity index (χ1n) is 9.68. The lowest BCUT2D eigenvalue weighted by Crippen LogP contribution is -2.07. The molecule has 0 aliphatic carbocycles. The van der Waals surface area contributed by atoms with Crippen LogP contribution < -0.4 is 5.09 Å². The van der Waals surface area contributed by atoms with E-state index in [1.807, 2.05) is 0 Å². The fourth-order valence-corrected chi connectivity index (χ4v) is 3.21. The summed E-state index contributed by atoms with van der Waals surface area (Å²) in [6, 6.07) is 0. The van der Waals surface area contributed by atoms with Gasteiger partial charge in [-0.05, 0) is 6.42 Å². The molecule has 0 saturated carbocycles. The highest BCUT2D eigenvalue weighted by Crippen LogP contribution is 2.16. The average Bonchev–Trinajstić information content (AvgIpc) is 2.50. The second-order valence-corrected chi connectivity index (χ2v) is 7.40. The summed E-state index contributed by atoms with van der Waals surface area (Å²) in [6.07, 6.45) is 21.9. The van der Waals surface area contributed by atoms with E-state index in [1.54, 1.807) is 0 Å². The molecule has 0 saturated heterocycles. The van der Waals surface area contributed by atoms with Crippen molar-refractivity contribution in [3.8, 4) is 0 Å². The monoisotopic (exact) mass is 333 g/mol. The molecule has 3 N–H and O–H groups in total. The van der Waals surface area contributed by atoms with Gasteiger partial charge in [-0.25, -0.2) is 0 Å². The molecule has 22 heavy (non-hydrogen) atoms. The molecule has 0 aliphatic rings. The van der Waals surface area contributed by atoms with Gasteiger partial charge in [-0.3, -0.25) is 5.09 Å². The molecule has 0 amide bonds. The van der Waals surface area contributed by atoms with Crippen LogP contribution >= 0.6 is 8.53 Å². The summed E-state index contributed by atoms with van der Waals surface area (Å²) in [5.41, 5.74) is 0. The Kier molecular flexibility index (Phi) is 19.6. The molecule has 0 fully saturated rings. The largest absolute Gasteiger partial charge is 0.338 e. The fourth-order valence-electron chi connectivity index (χ4n) is 2.85. The number of unbranched alkanes of at least 4 members (excludes halogenated alkanes) is 15. The highest BCUT2D eigenvalue weighted by molar-refractivity contribution is 7.42. The molecule has 3 nitrogen and oxygen atoms in total. The normalized spacial score (nSPS) is 11.5. The van der Waals surface area contributed by atoms with Crippen molar-refractivity contribution in [1.29, 1.82) is 0 Å². The first-order chi connectivity index (χ1) is 10.8. The molecule has 0 aromatic heterocycles. The second-order valence-electron chi connectivity index (χ2n) is 6.50. The first-order valence-corrected chi connectivity index (χ1v) is 10.9. The summed E-state index contributed by atoms with van der Waals surface area (Å²) < 4.78 is 0. The maximum atomic E-state index is 8.69. The molecule has 0 aromatic carbocycles. The Balaban J connectivity index is 2.94. The maximum Gasteiger partial charge on any atom is 0.250 e. The van der Waals surface area contributed by atoms with Crippen LogP contribution in [0.5, 0.6) is 0 Å². The topological polar surface area (TPSA) is 52.5 Å². The molecule has 0 atom stereocenters. The summed E-state index contributed by atoms with van der Waals surface area (Å²) >= 11 is 0. The molecular weight excluding hydrogens is 293 g/mol. The van der Waals surface area contributed by atoms with Gasteiger partial charge >= 0.3 is 0 Å². The van der Waals surface area contributed by atoms with Crippen molar-refractivity contribution in [1.82, 2.24) is 5.09 Å². The number of nitrogens with one attached hydrogen (secondary N) is 1. The zero-order chi connectivity index (χ0) is 16.3. The van der Waals surface area contributed by atoms with Crippen molar-refractivity contribution in [2.24, 2.45) is 0 Å². The van der Waals surface area contributed by atoms with Crippen LogP contribution in [-0.4, -0.2) is 16.3 Å². The van der Waals surface area contributed by atoms with E-state index in [0.29, 0.717) is 0 Å². The van der Waals surface area contributed by atoms with Crippen molar-refractivity contribution in [2.75, 3.05) is 6.54 Å². The average molecular weight is 333 g/mol. The standard InChI is InChI=1S/C18H40NO2P/c1-2-3-4-5-6-7-8-9-10-11-12-13-14-15-16-17-18-19-22(20)21/h19-21H,2-18H2,1H3. The van der Waals surface area contributed by atoms with Crippen LogP contribution in [-0.2, 0) is 0 Å². The predicted molar refractivity (Wildman–Crippen MR) is 98.9 cm³/mol. The van der Waals surface area contributed by atoms with E-state index in [1.165, 1.54) is 96.3 Å². The van der Waals surface area contributed by atoms with Crippen LogP contribution in [0.4, 0.5) is 0 Å². The highest BCUT2D eigenvalue weighted by Gasteiger charge is 1.96. The van der Waals surface area contributed by atoms with E-state index in [4.69, 9.17) is 9.79 Å². The van der Waals surface area contributed by atoms with Crippen molar-refractivity contribution in [3.63, 3.8) is 0 Å². The minimum atomic E-state index is -1.89. The molecule has 0 spiro atoms. The summed E-state index contributed by atoms with van der Waals surface area (Å²) in [4.78, 5) is 17.4. The Morgan fingerprint density at radius 2 is 0.864 bits per heavy atom. The van der Waals surface area contributed by atoms with E-state index in [-0.39, 0.29) is 0 Å². The third-order valence-electron chi connectivity index (χ3n) is 4.28. The lowest BCUT2D eigenvalue weighted by molar-refractivity contribution is 0.461. The number of hydrogen-bond donors (Lipinski definition) is 3. The van der Waals surface area contributed by atoms with Gasteiger partial charge in [0.15, 0.2) is 0 Å². The number of rotatable bonds is 18. The molecule has 0 bridgehead atoms. The Bertz CT molecular complexity index is 204. The van der Waals surface area contributed by atoms with E-state index in [9.17, 15) is 0 Å². The smallest absolute Gasteiger partial charge is 0.250 e. The van der Waals surface area contributed by atoms with Gasteiger partial charge in [-0.2, -0.15) is 0 Å². The Labute approximate surface area is 140 Å². The minimum Gasteiger partial charge on any atom is -0.338 e. The van der Waals surface area contributed by atoms with Crippen LogP contribution in [0.3, 0.4) is 0 Å². The van der Waals surface area contributed by atoms with Gasteiger partial charge in [0.05, 0.1) is 0 Å². The van der Waals surface area contributed by atoms with Gasteiger partial charge in [0.25, 0.3) is 0 Å².